The SMILES string of the molecule is COC(=O)Nc1cccc(NC(=O)Nc2ccc(C3CCOC3)cc2)c1C. The Labute approximate surface area is 158 Å². The van der Waals surface area contributed by atoms with Crippen molar-refractivity contribution >= 4 is 29.2 Å². The van der Waals surface area contributed by atoms with Gasteiger partial charge in [0.2, 0.25) is 0 Å². The number of methoxy groups -OCH3 is 1. The largest absolute Gasteiger partial charge is 0.453 e. The van der Waals surface area contributed by atoms with E-state index >= 15 is 0 Å². The van der Waals surface area contributed by atoms with Crippen LogP contribution in [0.3, 0.4) is 0 Å². The molecule has 142 valence electrons. The van der Waals surface area contributed by atoms with Crippen molar-refractivity contribution in [2.24, 2.45) is 0 Å². The lowest BCUT2D eigenvalue weighted by Gasteiger charge is -2.14. The Bertz CT molecular complexity index is 814. The van der Waals surface area contributed by atoms with Gasteiger partial charge in [0.05, 0.1) is 13.7 Å². The molecular weight excluding hydrogens is 346 g/mol. The van der Waals surface area contributed by atoms with E-state index in [0.29, 0.717) is 23.0 Å². The first-order chi connectivity index (χ1) is 13.1. The molecule has 0 saturated carbocycles. The first-order valence-electron chi connectivity index (χ1n) is 8.77. The summed E-state index contributed by atoms with van der Waals surface area (Å²) in [5, 5.41) is 8.22. The van der Waals surface area contributed by atoms with Crippen LogP contribution in [-0.2, 0) is 9.47 Å². The Balaban J connectivity index is 1.62. The number of amides is 3. The smallest absolute Gasteiger partial charge is 0.411 e. The van der Waals surface area contributed by atoms with Crippen LogP contribution in [0.5, 0.6) is 0 Å². The van der Waals surface area contributed by atoms with Crippen LogP contribution in [0.1, 0.15) is 23.5 Å². The predicted octanol–water partition coefficient (Wildman–Crippen LogP) is 4.32. The number of hydrogen-bond acceptors (Lipinski definition) is 4. The monoisotopic (exact) mass is 369 g/mol. The fraction of sp³-hybridized carbons (Fsp3) is 0.300. The van der Waals surface area contributed by atoms with Gasteiger partial charge in [0.1, 0.15) is 0 Å². The molecule has 7 heteroatoms. The highest BCUT2D eigenvalue weighted by atomic mass is 16.5. The number of nitrogens with one attached hydrogen (secondary N) is 3. The summed E-state index contributed by atoms with van der Waals surface area (Å²) < 4.78 is 10.0. The molecule has 3 N–H and O–H groups in total. The molecule has 0 aliphatic carbocycles. The maximum Gasteiger partial charge on any atom is 0.411 e. The topological polar surface area (TPSA) is 88.7 Å². The number of ether oxygens (including phenoxy) is 2. The van der Waals surface area contributed by atoms with Crippen molar-refractivity contribution in [3.8, 4) is 0 Å². The van der Waals surface area contributed by atoms with E-state index in [0.717, 1.165) is 25.2 Å². The molecule has 0 aromatic heterocycles. The summed E-state index contributed by atoms with van der Waals surface area (Å²) >= 11 is 0. The van der Waals surface area contributed by atoms with E-state index in [2.05, 4.69) is 20.7 Å². The third-order valence-corrected chi connectivity index (χ3v) is 4.57. The first-order valence-corrected chi connectivity index (χ1v) is 8.77. The molecule has 1 aliphatic rings. The zero-order chi connectivity index (χ0) is 19.2. The van der Waals surface area contributed by atoms with Gasteiger partial charge in [-0.3, -0.25) is 5.32 Å². The number of carbonyl (C=O) groups is 2. The minimum Gasteiger partial charge on any atom is -0.453 e. The van der Waals surface area contributed by atoms with Crippen molar-refractivity contribution in [1.29, 1.82) is 0 Å². The van der Waals surface area contributed by atoms with Crippen LogP contribution in [0.4, 0.5) is 26.7 Å². The van der Waals surface area contributed by atoms with Crippen LogP contribution in [0, 0.1) is 6.92 Å². The molecule has 2 aromatic rings. The molecule has 0 spiro atoms. The molecular formula is C20H23N3O4. The number of urea groups is 1. The summed E-state index contributed by atoms with van der Waals surface area (Å²) in [5.74, 6) is 0.431. The third-order valence-electron chi connectivity index (χ3n) is 4.57. The van der Waals surface area contributed by atoms with E-state index in [4.69, 9.17) is 4.74 Å². The maximum absolute atomic E-state index is 12.3. The Morgan fingerprint density at radius 2 is 1.74 bits per heavy atom. The highest BCUT2D eigenvalue weighted by molar-refractivity contribution is 6.01. The highest BCUT2D eigenvalue weighted by Gasteiger charge is 2.17. The lowest BCUT2D eigenvalue weighted by Crippen LogP contribution is -2.20. The lowest BCUT2D eigenvalue weighted by atomic mass is 9.98. The van der Waals surface area contributed by atoms with Crippen LogP contribution < -0.4 is 16.0 Å². The van der Waals surface area contributed by atoms with Crippen LogP contribution in [0.15, 0.2) is 42.5 Å². The zero-order valence-electron chi connectivity index (χ0n) is 15.4. The molecule has 27 heavy (non-hydrogen) atoms. The number of carbonyl (C=O) groups excluding carboxylic acids is 2. The quantitative estimate of drug-likeness (QED) is 0.749. The van der Waals surface area contributed by atoms with Crippen molar-refractivity contribution in [2.45, 2.75) is 19.3 Å². The molecule has 1 fully saturated rings. The Hall–Kier alpha value is -3.06. The van der Waals surface area contributed by atoms with Gasteiger partial charge in [-0.25, -0.2) is 9.59 Å². The second-order valence-corrected chi connectivity index (χ2v) is 6.36. The van der Waals surface area contributed by atoms with Crippen LogP contribution in [0.25, 0.3) is 0 Å². The average molecular weight is 369 g/mol. The molecule has 1 heterocycles. The van der Waals surface area contributed by atoms with E-state index in [1.807, 2.05) is 24.3 Å². The molecule has 1 aliphatic heterocycles. The molecule has 0 bridgehead atoms. The van der Waals surface area contributed by atoms with Crippen molar-refractivity contribution in [3.05, 3.63) is 53.6 Å². The Kier molecular flexibility index (Phi) is 5.93. The summed E-state index contributed by atoms with van der Waals surface area (Å²) in [6, 6.07) is 12.7. The van der Waals surface area contributed by atoms with Gasteiger partial charge in [-0.2, -0.15) is 0 Å². The van der Waals surface area contributed by atoms with Gasteiger partial charge in [-0.05, 0) is 48.7 Å². The fourth-order valence-corrected chi connectivity index (χ4v) is 2.99. The summed E-state index contributed by atoms with van der Waals surface area (Å²) in [5.41, 5.74) is 3.83. The summed E-state index contributed by atoms with van der Waals surface area (Å²) in [6.07, 6.45) is 0.468. The van der Waals surface area contributed by atoms with Gasteiger partial charge in [-0.1, -0.05) is 18.2 Å². The normalized spacial score (nSPS) is 15.9. The fourth-order valence-electron chi connectivity index (χ4n) is 2.99. The number of anilines is 3. The van der Waals surface area contributed by atoms with Gasteiger partial charge < -0.3 is 20.1 Å². The zero-order valence-corrected chi connectivity index (χ0v) is 15.4. The molecule has 1 unspecified atom stereocenters. The van der Waals surface area contributed by atoms with Gasteiger partial charge in [0.25, 0.3) is 0 Å². The van der Waals surface area contributed by atoms with Gasteiger partial charge in [0.15, 0.2) is 0 Å². The minimum atomic E-state index is -0.563. The number of hydrogen-bond donors (Lipinski definition) is 3. The molecule has 3 rings (SSSR count). The average Bonchev–Trinajstić information content (AvgIpc) is 3.20. The van der Waals surface area contributed by atoms with E-state index in [1.54, 1.807) is 25.1 Å². The van der Waals surface area contributed by atoms with Crippen LogP contribution in [-0.4, -0.2) is 32.4 Å². The molecule has 1 saturated heterocycles. The van der Waals surface area contributed by atoms with Crippen LogP contribution in [0.2, 0.25) is 0 Å². The number of benzene rings is 2. The van der Waals surface area contributed by atoms with E-state index in [9.17, 15) is 9.59 Å². The first kappa shape index (κ1) is 18.7. The van der Waals surface area contributed by atoms with Crippen molar-refractivity contribution < 1.29 is 19.1 Å². The van der Waals surface area contributed by atoms with Crippen molar-refractivity contribution in [3.63, 3.8) is 0 Å². The third kappa shape index (κ3) is 4.77. The summed E-state index contributed by atoms with van der Waals surface area (Å²) in [4.78, 5) is 23.7. The molecule has 7 nitrogen and oxygen atoms in total. The molecule has 0 radical (unpaired) electrons. The summed E-state index contributed by atoms with van der Waals surface area (Å²) in [7, 11) is 1.30. The second-order valence-electron chi connectivity index (χ2n) is 6.36. The second kappa shape index (κ2) is 8.55. The van der Waals surface area contributed by atoms with Crippen LogP contribution >= 0.6 is 0 Å². The van der Waals surface area contributed by atoms with Gasteiger partial charge >= 0.3 is 12.1 Å². The highest BCUT2D eigenvalue weighted by Crippen LogP contribution is 2.26. The maximum atomic E-state index is 12.3. The van der Waals surface area contributed by atoms with E-state index in [-0.39, 0.29) is 6.03 Å². The van der Waals surface area contributed by atoms with Crippen molar-refractivity contribution in [1.82, 2.24) is 0 Å². The van der Waals surface area contributed by atoms with Crippen molar-refractivity contribution in [2.75, 3.05) is 36.3 Å². The predicted molar refractivity (Wildman–Crippen MR) is 104 cm³/mol. The Morgan fingerprint density at radius 1 is 1.04 bits per heavy atom. The lowest BCUT2D eigenvalue weighted by molar-refractivity contribution is 0.187. The number of rotatable bonds is 4. The minimum absolute atomic E-state index is 0.356. The molecule has 2 aromatic carbocycles. The van der Waals surface area contributed by atoms with Gasteiger partial charge in [-0.15, -0.1) is 0 Å². The molecule has 1 atom stereocenters. The summed E-state index contributed by atoms with van der Waals surface area (Å²) in [6.45, 7) is 3.36. The Morgan fingerprint density at radius 3 is 2.37 bits per heavy atom. The van der Waals surface area contributed by atoms with E-state index in [1.165, 1.54) is 12.7 Å². The van der Waals surface area contributed by atoms with Gasteiger partial charge in [0, 0.05) is 29.6 Å². The molecule has 3 amide bonds. The standard InChI is InChI=1S/C20H23N3O4/c1-13-17(4-3-5-18(13)23-20(25)26-2)22-19(24)21-16-8-6-14(7-9-16)15-10-11-27-12-15/h3-9,15H,10-12H2,1-2H3,(H,23,25)(H2,21,22,24). The van der Waals surface area contributed by atoms with E-state index < -0.39 is 6.09 Å².